The SMILES string of the molecule is CC(C)(C)OC(=O)NCC(c1nccs1)N1CCOCC1. The van der Waals surface area contributed by atoms with Crippen molar-refractivity contribution >= 4 is 17.4 Å². The minimum absolute atomic E-state index is 0.0708. The standard InChI is InChI=1S/C14H23N3O3S/c1-14(2,3)20-13(18)16-10-11(12-15-4-9-21-12)17-5-7-19-8-6-17/h4,9,11H,5-8,10H2,1-3H3,(H,16,18). The van der Waals surface area contributed by atoms with E-state index >= 15 is 0 Å². The van der Waals surface area contributed by atoms with Gasteiger partial charge in [0.2, 0.25) is 0 Å². The van der Waals surface area contributed by atoms with Crippen LogP contribution in [-0.2, 0) is 9.47 Å². The molecule has 2 heterocycles. The van der Waals surface area contributed by atoms with Crippen molar-refractivity contribution in [3.05, 3.63) is 16.6 Å². The maximum Gasteiger partial charge on any atom is 0.407 e. The van der Waals surface area contributed by atoms with Gasteiger partial charge in [0.1, 0.15) is 10.6 Å². The maximum atomic E-state index is 11.8. The molecular weight excluding hydrogens is 290 g/mol. The first-order valence-electron chi connectivity index (χ1n) is 7.14. The Hall–Kier alpha value is -1.18. The van der Waals surface area contributed by atoms with E-state index in [9.17, 15) is 4.79 Å². The van der Waals surface area contributed by atoms with E-state index in [2.05, 4.69) is 15.2 Å². The third-order valence-corrected chi connectivity index (χ3v) is 3.94. The Kier molecular flexibility index (Phi) is 5.55. The van der Waals surface area contributed by atoms with Gasteiger partial charge in [0, 0.05) is 31.2 Å². The van der Waals surface area contributed by atoms with Crippen LogP contribution in [0.25, 0.3) is 0 Å². The molecule has 1 saturated heterocycles. The Balaban J connectivity index is 1.95. The molecule has 0 aromatic carbocycles. The molecule has 0 bridgehead atoms. The van der Waals surface area contributed by atoms with E-state index in [1.165, 1.54) is 0 Å². The van der Waals surface area contributed by atoms with Crippen LogP contribution in [0.2, 0.25) is 0 Å². The summed E-state index contributed by atoms with van der Waals surface area (Å²) in [5.74, 6) is 0. The van der Waals surface area contributed by atoms with Gasteiger partial charge < -0.3 is 14.8 Å². The first kappa shape index (κ1) is 16.2. The molecule has 0 spiro atoms. The van der Waals surface area contributed by atoms with E-state index in [0.29, 0.717) is 19.8 Å². The van der Waals surface area contributed by atoms with Crippen LogP contribution >= 0.6 is 11.3 Å². The third-order valence-electron chi connectivity index (χ3n) is 3.06. The van der Waals surface area contributed by atoms with Crippen molar-refractivity contribution in [3.8, 4) is 0 Å². The first-order valence-corrected chi connectivity index (χ1v) is 8.02. The number of aromatic nitrogens is 1. The van der Waals surface area contributed by atoms with Crippen molar-refractivity contribution in [2.75, 3.05) is 32.8 Å². The molecule has 0 aliphatic carbocycles. The van der Waals surface area contributed by atoms with Crippen molar-refractivity contribution in [3.63, 3.8) is 0 Å². The van der Waals surface area contributed by atoms with Crippen LogP contribution in [0, 0.1) is 0 Å². The zero-order valence-electron chi connectivity index (χ0n) is 12.8. The lowest BCUT2D eigenvalue weighted by Crippen LogP contribution is -2.44. The van der Waals surface area contributed by atoms with Crippen LogP contribution in [0.1, 0.15) is 31.8 Å². The fourth-order valence-electron chi connectivity index (χ4n) is 2.15. The predicted molar refractivity (Wildman–Crippen MR) is 81.5 cm³/mol. The highest BCUT2D eigenvalue weighted by molar-refractivity contribution is 7.09. The molecule has 1 aromatic rings. The van der Waals surface area contributed by atoms with Gasteiger partial charge in [0.05, 0.1) is 19.3 Å². The molecule has 0 saturated carbocycles. The number of carbonyl (C=O) groups excluding carboxylic acids is 1. The molecule has 21 heavy (non-hydrogen) atoms. The van der Waals surface area contributed by atoms with Gasteiger partial charge in [-0.15, -0.1) is 11.3 Å². The van der Waals surface area contributed by atoms with Crippen LogP contribution in [0.4, 0.5) is 4.79 Å². The smallest absolute Gasteiger partial charge is 0.407 e. The number of carbonyl (C=O) groups is 1. The van der Waals surface area contributed by atoms with Gasteiger partial charge in [-0.1, -0.05) is 0 Å². The minimum atomic E-state index is -0.486. The van der Waals surface area contributed by atoms with Gasteiger partial charge in [-0.25, -0.2) is 9.78 Å². The molecule has 7 heteroatoms. The summed E-state index contributed by atoms with van der Waals surface area (Å²) in [4.78, 5) is 18.5. The molecule has 1 amide bonds. The molecule has 0 radical (unpaired) electrons. The molecule has 2 rings (SSSR count). The maximum absolute atomic E-state index is 11.8. The highest BCUT2D eigenvalue weighted by Gasteiger charge is 2.26. The topological polar surface area (TPSA) is 63.7 Å². The van der Waals surface area contributed by atoms with Crippen LogP contribution in [0.3, 0.4) is 0 Å². The number of ether oxygens (including phenoxy) is 2. The van der Waals surface area contributed by atoms with Crippen LogP contribution in [-0.4, -0.2) is 54.4 Å². The molecule has 1 atom stereocenters. The summed E-state index contributed by atoms with van der Waals surface area (Å²) in [5, 5.41) is 5.81. The summed E-state index contributed by atoms with van der Waals surface area (Å²) in [5.41, 5.74) is -0.486. The molecule has 6 nitrogen and oxygen atoms in total. The monoisotopic (exact) mass is 313 g/mol. The zero-order valence-corrected chi connectivity index (χ0v) is 13.6. The highest BCUT2D eigenvalue weighted by atomic mass is 32.1. The Bertz CT molecular complexity index is 439. The van der Waals surface area contributed by atoms with Crippen LogP contribution in [0.15, 0.2) is 11.6 Å². The Morgan fingerprint density at radius 1 is 1.52 bits per heavy atom. The number of thiazole rings is 1. The number of rotatable bonds is 4. The Morgan fingerprint density at radius 2 is 2.24 bits per heavy atom. The highest BCUT2D eigenvalue weighted by Crippen LogP contribution is 2.23. The van der Waals surface area contributed by atoms with Crippen molar-refractivity contribution in [2.45, 2.75) is 32.4 Å². The van der Waals surface area contributed by atoms with E-state index in [1.807, 2.05) is 26.2 Å². The Morgan fingerprint density at radius 3 is 2.81 bits per heavy atom. The fourth-order valence-corrected chi connectivity index (χ4v) is 2.93. The zero-order chi connectivity index (χ0) is 15.3. The van der Waals surface area contributed by atoms with Crippen LogP contribution < -0.4 is 5.32 Å². The summed E-state index contributed by atoms with van der Waals surface area (Å²) >= 11 is 1.60. The van der Waals surface area contributed by atoms with Crippen LogP contribution in [0.5, 0.6) is 0 Å². The molecule has 1 unspecified atom stereocenters. The number of nitrogens with zero attached hydrogens (tertiary/aromatic N) is 2. The molecule has 1 aromatic heterocycles. The number of alkyl carbamates (subject to hydrolysis) is 1. The van der Waals surface area contributed by atoms with E-state index in [-0.39, 0.29) is 6.04 Å². The predicted octanol–water partition coefficient (Wildman–Crippen LogP) is 2.04. The summed E-state index contributed by atoms with van der Waals surface area (Å²) in [6.45, 7) is 9.18. The summed E-state index contributed by atoms with van der Waals surface area (Å²) in [7, 11) is 0. The number of hydrogen-bond acceptors (Lipinski definition) is 6. The summed E-state index contributed by atoms with van der Waals surface area (Å²) in [6.07, 6.45) is 1.40. The second-order valence-electron chi connectivity index (χ2n) is 5.92. The summed E-state index contributed by atoms with van der Waals surface area (Å²) < 4.78 is 10.7. The molecular formula is C14H23N3O3S. The van der Waals surface area contributed by atoms with E-state index in [4.69, 9.17) is 9.47 Å². The largest absolute Gasteiger partial charge is 0.444 e. The Labute approximate surface area is 129 Å². The van der Waals surface area contributed by atoms with E-state index in [0.717, 1.165) is 18.1 Å². The number of nitrogens with one attached hydrogen (secondary N) is 1. The number of amides is 1. The lowest BCUT2D eigenvalue weighted by Gasteiger charge is -2.33. The quantitative estimate of drug-likeness (QED) is 0.921. The molecule has 118 valence electrons. The normalized spacial score (nSPS) is 18.2. The molecule has 1 aliphatic rings. The lowest BCUT2D eigenvalue weighted by atomic mass is 10.2. The van der Waals surface area contributed by atoms with E-state index < -0.39 is 11.7 Å². The van der Waals surface area contributed by atoms with Gasteiger partial charge in [-0.2, -0.15) is 0 Å². The van der Waals surface area contributed by atoms with Gasteiger partial charge in [0.25, 0.3) is 0 Å². The van der Waals surface area contributed by atoms with E-state index in [1.54, 1.807) is 17.5 Å². The van der Waals surface area contributed by atoms with Gasteiger partial charge in [-0.3, -0.25) is 4.90 Å². The van der Waals surface area contributed by atoms with Gasteiger partial charge >= 0.3 is 6.09 Å². The van der Waals surface area contributed by atoms with Crippen molar-refractivity contribution < 1.29 is 14.3 Å². The van der Waals surface area contributed by atoms with Crippen molar-refractivity contribution in [1.82, 2.24) is 15.2 Å². The second kappa shape index (κ2) is 7.20. The first-order chi connectivity index (χ1) is 9.96. The summed E-state index contributed by atoms with van der Waals surface area (Å²) in [6, 6.07) is 0.0708. The van der Waals surface area contributed by atoms with Crippen molar-refractivity contribution in [2.24, 2.45) is 0 Å². The molecule has 1 N–H and O–H groups in total. The average Bonchev–Trinajstić information content (AvgIpc) is 2.92. The lowest BCUT2D eigenvalue weighted by molar-refractivity contribution is 0.0140. The molecule has 1 fully saturated rings. The molecule has 1 aliphatic heterocycles. The number of morpholine rings is 1. The van der Waals surface area contributed by atoms with Gasteiger partial charge in [0.15, 0.2) is 0 Å². The van der Waals surface area contributed by atoms with Gasteiger partial charge in [-0.05, 0) is 20.8 Å². The fraction of sp³-hybridized carbons (Fsp3) is 0.714. The second-order valence-corrected chi connectivity index (χ2v) is 6.84. The van der Waals surface area contributed by atoms with Crippen molar-refractivity contribution in [1.29, 1.82) is 0 Å². The average molecular weight is 313 g/mol. The minimum Gasteiger partial charge on any atom is -0.444 e. The number of hydrogen-bond donors (Lipinski definition) is 1. The third kappa shape index (κ3) is 5.26.